The lowest BCUT2D eigenvalue weighted by Crippen LogP contribution is -2.43. The first-order valence-corrected chi connectivity index (χ1v) is 8.45. The van der Waals surface area contributed by atoms with Crippen LogP contribution in [-0.2, 0) is 16.0 Å². The standard InChI is InChI=1S/C18H22N4O3.ClH/c1-2-13-9-17(24)22-18(21-13)12-4-3-5-14(8-12)20-16(23)10-15-11-25-7-6-19-15;/h3-5,8-9,15,19H,2,6-7,10-11H2,1H3,(H,20,23)(H,21,22,24);1H. The molecule has 1 aromatic heterocycles. The normalized spacial score (nSPS) is 16.6. The van der Waals surface area contributed by atoms with E-state index in [0.717, 1.165) is 17.8 Å². The number of nitrogens with one attached hydrogen (secondary N) is 3. The molecule has 0 aliphatic carbocycles. The van der Waals surface area contributed by atoms with Gasteiger partial charge in [-0.3, -0.25) is 9.59 Å². The summed E-state index contributed by atoms with van der Waals surface area (Å²) in [7, 11) is 0. The van der Waals surface area contributed by atoms with Gasteiger partial charge in [-0.15, -0.1) is 12.4 Å². The Morgan fingerprint density at radius 3 is 2.96 bits per heavy atom. The van der Waals surface area contributed by atoms with Crippen molar-refractivity contribution in [3.8, 4) is 11.4 Å². The van der Waals surface area contributed by atoms with Crippen molar-refractivity contribution in [3.05, 3.63) is 46.4 Å². The molecule has 1 fully saturated rings. The molecule has 8 heteroatoms. The van der Waals surface area contributed by atoms with E-state index in [0.29, 0.717) is 37.6 Å². The number of aryl methyl sites for hydroxylation is 1. The molecule has 7 nitrogen and oxygen atoms in total. The lowest BCUT2D eigenvalue weighted by Gasteiger charge is -2.23. The number of halogens is 1. The van der Waals surface area contributed by atoms with Crippen LogP contribution >= 0.6 is 12.4 Å². The third kappa shape index (κ3) is 5.39. The number of ether oxygens (including phenoxy) is 1. The summed E-state index contributed by atoms with van der Waals surface area (Å²) in [4.78, 5) is 31.1. The molecule has 0 spiro atoms. The lowest BCUT2D eigenvalue weighted by molar-refractivity contribution is -0.117. The number of aromatic nitrogens is 2. The molecule has 2 heterocycles. The number of anilines is 1. The van der Waals surface area contributed by atoms with Gasteiger partial charge >= 0.3 is 0 Å². The van der Waals surface area contributed by atoms with Gasteiger partial charge in [0.05, 0.1) is 13.2 Å². The van der Waals surface area contributed by atoms with Crippen molar-refractivity contribution in [3.63, 3.8) is 0 Å². The average molecular weight is 379 g/mol. The van der Waals surface area contributed by atoms with Crippen LogP contribution in [0.2, 0.25) is 0 Å². The summed E-state index contributed by atoms with van der Waals surface area (Å²) in [6.45, 7) is 3.94. The molecule has 1 aromatic carbocycles. The van der Waals surface area contributed by atoms with Crippen LogP contribution < -0.4 is 16.2 Å². The zero-order valence-electron chi connectivity index (χ0n) is 14.6. The van der Waals surface area contributed by atoms with Crippen molar-refractivity contribution in [2.75, 3.05) is 25.1 Å². The van der Waals surface area contributed by atoms with Crippen LogP contribution in [0.3, 0.4) is 0 Å². The van der Waals surface area contributed by atoms with Gasteiger partial charge in [0.2, 0.25) is 5.91 Å². The Hall–Kier alpha value is -2.22. The third-order valence-corrected chi connectivity index (χ3v) is 4.01. The minimum Gasteiger partial charge on any atom is -0.378 e. The van der Waals surface area contributed by atoms with Crippen molar-refractivity contribution >= 4 is 24.0 Å². The number of amides is 1. The topological polar surface area (TPSA) is 96.1 Å². The van der Waals surface area contributed by atoms with Gasteiger partial charge in [-0.2, -0.15) is 0 Å². The van der Waals surface area contributed by atoms with E-state index in [2.05, 4.69) is 20.6 Å². The molecule has 140 valence electrons. The Morgan fingerprint density at radius 2 is 2.23 bits per heavy atom. The molecule has 0 radical (unpaired) electrons. The minimum atomic E-state index is -0.181. The highest BCUT2D eigenvalue weighted by Crippen LogP contribution is 2.19. The first-order valence-electron chi connectivity index (χ1n) is 8.45. The van der Waals surface area contributed by atoms with Gasteiger partial charge in [0, 0.05) is 42.0 Å². The predicted molar refractivity (Wildman–Crippen MR) is 103 cm³/mol. The van der Waals surface area contributed by atoms with Gasteiger partial charge in [-0.1, -0.05) is 19.1 Å². The lowest BCUT2D eigenvalue weighted by atomic mass is 10.1. The van der Waals surface area contributed by atoms with Gasteiger partial charge in [-0.25, -0.2) is 4.98 Å². The van der Waals surface area contributed by atoms with Crippen molar-refractivity contribution < 1.29 is 9.53 Å². The Morgan fingerprint density at radius 1 is 1.38 bits per heavy atom. The van der Waals surface area contributed by atoms with E-state index >= 15 is 0 Å². The molecule has 1 saturated heterocycles. The van der Waals surface area contributed by atoms with Crippen molar-refractivity contribution in [2.24, 2.45) is 0 Å². The van der Waals surface area contributed by atoms with E-state index in [1.165, 1.54) is 6.07 Å². The second-order valence-corrected chi connectivity index (χ2v) is 6.00. The van der Waals surface area contributed by atoms with Crippen LogP contribution in [0.15, 0.2) is 35.1 Å². The van der Waals surface area contributed by atoms with Crippen LogP contribution in [0.5, 0.6) is 0 Å². The summed E-state index contributed by atoms with van der Waals surface area (Å²) >= 11 is 0. The number of H-pyrrole nitrogens is 1. The number of nitrogens with zero attached hydrogens (tertiary/aromatic N) is 1. The summed E-state index contributed by atoms with van der Waals surface area (Å²) in [6.07, 6.45) is 1.04. The largest absolute Gasteiger partial charge is 0.378 e. The van der Waals surface area contributed by atoms with Gasteiger partial charge < -0.3 is 20.4 Å². The summed E-state index contributed by atoms with van der Waals surface area (Å²) in [5, 5.41) is 6.14. The maximum absolute atomic E-state index is 12.2. The van der Waals surface area contributed by atoms with Crippen LogP contribution in [0.1, 0.15) is 19.0 Å². The summed E-state index contributed by atoms with van der Waals surface area (Å²) < 4.78 is 5.36. The maximum Gasteiger partial charge on any atom is 0.251 e. The van der Waals surface area contributed by atoms with E-state index in [1.54, 1.807) is 6.07 Å². The predicted octanol–water partition coefficient (Wildman–Crippen LogP) is 1.74. The average Bonchev–Trinajstić information content (AvgIpc) is 2.62. The van der Waals surface area contributed by atoms with Crippen molar-refractivity contribution in [2.45, 2.75) is 25.8 Å². The second kappa shape index (κ2) is 9.47. The highest BCUT2D eigenvalue weighted by molar-refractivity contribution is 5.91. The molecule has 0 bridgehead atoms. The fourth-order valence-corrected chi connectivity index (χ4v) is 2.76. The molecule has 1 aliphatic heterocycles. The number of carbonyl (C=O) groups excluding carboxylic acids is 1. The summed E-state index contributed by atoms with van der Waals surface area (Å²) in [6, 6.07) is 8.83. The SMILES string of the molecule is CCc1cc(=O)[nH]c(-c2cccc(NC(=O)CC3COCCN3)c2)n1.Cl. The van der Waals surface area contributed by atoms with Gasteiger partial charge in [-0.05, 0) is 18.6 Å². The van der Waals surface area contributed by atoms with Crippen LogP contribution in [0, 0.1) is 0 Å². The number of morpholine rings is 1. The summed E-state index contributed by atoms with van der Waals surface area (Å²) in [5.41, 5.74) is 1.98. The molecule has 2 aromatic rings. The van der Waals surface area contributed by atoms with E-state index < -0.39 is 0 Å². The Kier molecular flexibility index (Phi) is 7.32. The van der Waals surface area contributed by atoms with Crippen LogP contribution in [0.25, 0.3) is 11.4 Å². The number of carbonyl (C=O) groups is 1. The Bertz CT molecular complexity index is 803. The molecular weight excluding hydrogens is 356 g/mol. The first-order chi connectivity index (χ1) is 12.1. The molecule has 26 heavy (non-hydrogen) atoms. The Balaban J connectivity index is 0.00000243. The monoisotopic (exact) mass is 378 g/mol. The molecule has 1 atom stereocenters. The van der Waals surface area contributed by atoms with Crippen molar-refractivity contribution in [1.82, 2.24) is 15.3 Å². The number of hydrogen-bond donors (Lipinski definition) is 3. The van der Waals surface area contributed by atoms with E-state index in [-0.39, 0.29) is 29.9 Å². The highest BCUT2D eigenvalue weighted by Gasteiger charge is 2.17. The number of aromatic amines is 1. The smallest absolute Gasteiger partial charge is 0.251 e. The van der Waals surface area contributed by atoms with Crippen LogP contribution in [0.4, 0.5) is 5.69 Å². The zero-order chi connectivity index (χ0) is 17.6. The zero-order valence-corrected chi connectivity index (χ0v) is 15.4. The van der Waals surface area contributed by atoms with Gasteiger partial charge in [0.15, 0.2) is 0 Å². The molecule has 3 N–H and O–H groups in total. The van der Waals surface area contributed by atoms with E-state index in [1.807, 2.05) is 25.1 Å². The molecule has 1 aliphatic rings. The highest BCUT2D eigenvalue weighted by atomic mass is 35.5. The molecule has 1 amide bonds. The second-order valence-electron chi connectivity index (χ2n) is 6.00. The molecule has 1 unspecified atom stereocenters. The fourth-order valence-electron chi connectivity index (χ4n) is 2.76. The fraction of sp³-hybridized carbons (Fsp3) is 0.389. The molecular formula is C18H23ClN4O3. The van der Waals surface area contributed by atoms with Crippen molar-refractivity contribution in [1.29, 1.82) is 0 Å². The molecule has 3 rings (SSSR count). The summed E-state index contributed by atoms with van der Waals surface area (Å²) in [5.74, 6) is 0.423. The quantitative estimate of drug-likeness (QED) is 0.736. The van der Waals surface area contributed by atoms with E-state index in [9.17, 15) is 9.59 Å². The molecule has 0 saturated carbocycles. The Labute approximate surface area is 158 Å². The minimum absolute atomic E-state index is 0. The van der Waals surface area contributed by atoms with Gasteiger partial charge in [0.25, 0.3) is 5.56 Å². The van der Waals surface area contributed by atoms with Crippen LogP contribution in [-0.4, -0.2) is 41.7 Å². The third-order valence-electron chi connectivity index (χ3n) is 4.01. The first kappa shape index (κ1) is 20.1. The number of hydrogen-bond acceptors (Lipinski definition) is 5. The number of rotatable bonds is 5. The number of benzene rings is 1. The van der Waals surface area contributed by atoms with E-state index in [4.69, 9.17) is 4.74 Å². The maximum atomic E-state index is 12.2. The van der Waals surface area contributed by atoms with Gasteiger partial charge in [0.1, 0.15) is 5.82 Å².